The second kappa shape index (κ2) is 6.29. The molecule has 0 saturated carbocycles. The smallest absolute Gasteiger partial charge is 0.136 e. The van der Waals surface area contributed by atoms with E-state index in [0.717, 1.165) is 28.3 Å². The number of aryl methyl sites for hydroxylation is 4. The highest BCUT2D eigenvalue weighted by molar-refractivity contribution is 6.33. The molecule has 5 heteroatoms. The minimum Gasteiger partial charge on any atom is -0.340 e. The van der Waals surface area contributed by atoms with Crippen LogP contribution in [0.2, 0.25) is 5.02 Å². The van der Waals surface area contributed by atoms with Crippen molar-refractivity contribution >= 4 is 23.1 Å². The summed E-state index contributed by atoms with van der Waals surface area (Å²) in [4.78, 5) is 0. The van der Waals surface area contributed by atoms with Gasteiger partial charge >= 0.3 is 0 Å². The minimum absolute atomic E-state index is 0.353. The number of aromatic nitrogens is 2. The molecular weight excluding hydrogens is 325 g/mol. The Morgan fingerprint density at radius 1 is 1.04 bits per heavy atom. The predicted molar refractivity (Wildman–Crippen MR) is 97.5 cm³/mol. The Morgan fingerprint density at radius 2 is 1.71 bits per heavy atom. The fourth-order valence-electron chi connectivity index (χ4n) is 3.00. The SMILES string of the molecule is Cc1cc(C)cc(Nc2c(-c3ccc(F)cc3Cl)c(C)nn2C)c1. The third kappa shape index (κ3) is 3.15. The number of hydrogen-bond donors (Lipinski definition) is 1. The van der Waals surface area contributed by atoms with Gasteiger partial charge in [0.2, 0.25) is 0 Å². The van der Waals surface area contributed by atoms with E-state index in [4.69, 9.17) is 11.6 Å². The van der Waals surface area contributed by atoms with E-state index in [1.54, 1.807) is 10.7 Å². The van der Waals surface area contributed by atoms with Gasteiger partial charge in [0.1, 0.15) is 11.6 Å². The highest BCUT2D eigenvalue weighted by atomic mass is 35.5. The monoisotopic (exact) mass is 343 g/mol. The summed E-state index contributed by atoms with van der Waals surface area (Å²) < 4.78 is 15.2. The summed E-state index contributed by atoms with van der Waals surface area (Å²) in [5.41, 5.74) is 5.81. The number of nitrogens with one attached hydrogen (secondary N) is 1. The molecule has 1 aromatic heterocycles. The number of halogens is 2. The Bertz CT molecular complexity index is 895. The van der Waals surface area contributed by atoms with Gasteiger partial charge in [-0.15, -0.1) is 0 Å². The lowest BCUT2D eigenvalue weighted by atomic mass is 10.1. The Kier molecular flexibility index (Phi) is 4.33. The molecule has 3 aromatic rings. The topological polar surface area (TPSA) is 29.9 Å². The number of benzene rings is 2. The molecule has 3 nitrogen and oxygen atoms in total. The lowest BCUT2D eigenvalue weighted by Crippen LogP contribution is -2.01. The Hall–Kier alpha value is -2.33. The third-order valence-corrected chi connectivity index (χ3v) is 4.22. The maximum atomic E-state index is 13.4. The van der Waals surface area contributed by atoms with E-state index in [-0.39, 0.29) is 5.82 Å². The molecule has 0 fully saturated rings. The molecule has 2 aromatic carbocycles. The third-order valence-electron chi connectivity index (χ3n) is 3.91. The molecule has 124 valence electrons. The van der Waals surface area contributed by atoms with Crippen LogP contribution in [0.4, 0.5) is 15.9 Å². The summed E-state index contributed by atoms with van der Waals surface area (Å²) in [6.45, 7) is 6.04. The summed E-state index contributed by atoms with van der Waals surface area (Å²) in [6.07, 6.45) is 0. The first-order valence-corrected chi connectivity index (χ1v) is 8.07. The van der Waals surface area contributed by atoms with Gasteiger partial charge in [-0.05, 0) is 62.2 Å². The fraction of sp³-hybridized carbons (Fsp3) is 0.211. The predicted octanol–water partition coefficient (Wildman–Crippen LogP) is 5.55. The molecule has 24 heavy (non-hydrogen) atoms. The summed E-state index contributed by atoms with van der Waals surface area (Å²) in [7, 11) is 1.87. The molecule has 3 rings (SSSR count). The van der Waals surface area contributed by atoms with Crippen LogP contribution in [0, 0.1) is 26.6 Å². The van der Waals surface area contributed by atoms with Gasteiger partial charge in [0.05, 0.1) is 10.7 Å². The molecule has 0 spiro atoms. The van der Waals surface area contributed by atoms with Crippen LogP contribution < -0.4 is 5.32 Å². The zero-order chi connectivity index (χ0) is 17.4. The van der Waals surface area contributed by atoms with Crippen LogP contribution in [0.1, 0.15) is 16.8 Å². The van der Waals surface area contributed by atoms with Gasteiger partial charge in [-0.25, -0.2) is 4.39 Å². The van der Waals surface area contributed by atoms with Crippen LogP contribution in [0.3, 0.4) is 0 Å². The van der Waals surface area contributed by atoms with Crippen molar-refractivity contribution in [2.24, 2.45) is 7.05 Å². The summed E-state index contributed by atoms with van der Waals surface area (Å²) in [5.74, 6) is 0.472. The quantitative estimate of drug-likeness (QED) is 0.675. The van der Waals surface area contributed by atoms with E-state index in [0.29, 0.717) is 5.02 Å². The normalized spacial score (nSPS) is 10.9. The first kappa shape index (κ1) is 16.5. The number of rotatable bonds is 3. The molecule has 0 aliphatic heterocycles. The van der Waals surface area contributed by atoms with Crippen LogP contribution in [0.25, 0.3) is 11.1 Å². The van der Waals surface area contributed by atoms with Crippen LogP contribution in [-0.4, -0.2) is 9.78 Å². The van der Waals surface area contributed by atoms with E-state index in [9.17, 15) is 4.39 Å². The maximum Gasteiger partial charge on any atom is 0.136 e. The van der Waals surface area contributed by atoms with Gasteiger partial charge in [-0.1, -0.05) is 17.7 Å². The van der Waals surface area contributed by atoms with Gasteiger partial charge < -0.3 is 5.32 Å². The van der Waals surface area contributed by atoms with Crippen molar-refractivity contribution in [3.63, 3.8) is 0 Å². The molecule has 0 radical (unpaired) electrons. The Morgan fingerprint density at radius 3 is 2.33 bits per heavy atom. The van der Waals surface area contributed by atoms with Gasteiger partial charge in [-0.3, -0.25) is 4.68 Å². The van der Waals surface area contributed by atoms with Crippen LogP contribution in [0.5, 0.6) is 0 Å². The molecule has 0 saturated heterocycles. The Labute approximate surface area is 146 Å². The van der Waals surface area contributed by atoms with Crippen LogP contribution in [0.15, 0.2) is 36.4 Å². The second-order valence-electron chi connectivity index (χ2n) is 6.06. The van der Waals surface area contributed by atoms with Gasteiger partial charge in [0, 0.05) is 23.9 Å². The zero-order valence-corrected chi connectivity index (χ0v) is 14.9. The van der Waals surface area contributed by atoms with E-state index < -0.39 is 0 Å². The first-order chi connectivity index (χ1) is 11.3. The van der Waals surface area contributed by atoms with Crippen molar-refractivity contribution in [3.05, 3.63) is 64.1 Å². The van der Waals surface area contributed by atoms with E-state index in [1.807, 2.05) is 14.0 Å². The molecule has 0 unspecified atom stereocenters. The van der Waals surface area contributed by atoms with Crippen molar-refractivity contribution in [3.8, 4) is 11.1 Å². The second-order valence-corrected chi connectivity index (χ2v) is 6.47. The van der Waals surface area contributed by atoms with Gasteiger partial charge in [0.15, 0.2) is 0 Å². The molecule has 0 aliphatic rings. The number of anilines is 2. The highest BCUT2D eigenvalue weighted by Gasteiger charge is 2.18. The standard InChI is InChI=1S/C19H19ClFN3/c1-11-7-12(2)9-15(8-11)22-19-18(13(3)23-24(19)4)16-6-5-14(21)10-17(16)20/h5-10,22H,1-4H3. The van der Waals surface area contributed by atoms with Crippen molar-refractivity contribution in [2.75, 3.05) is 5.32 Å². The van der Waals surface area contributed by atoms with Crippen LogP contribution >= 0.6 is 11.6 Å². The van der Waals surface area contributed by atoms with Crippen molar-refractivity contribution in [1.29, 1.82) is 0 Å². The number of hydrogen-bond acceptors (Lipinski definition) is 2. The maximum absolute atomic E-state index is 13.4. The van der Waals surface area contributed by atoms with Crippen molar-refractivity contribution in [1.82, 2.24) is 9.78 Å². The molecule has 0 aliphatic carbocycles. The largest absolute Gasteiger partial charge is 0.340 e. The molecule has 0 amide bonds. The van der Waals surface area contributed by atoms with Gasteiger partial charge in [0.25, 0.3) is 0 Å². The lowest BCUT2D eigenvalue weighted by molar-refractivity contribution is 0.628. The highest BCUT2D eigenvalue weighted by Crippen LogP contribution is 2.37. The minimum atomic E-state index is -0.353. The summed E-state index contributed by atoms with van der Waals surface area (Å²) in [5, 5.41) is 8.30. The first-order valence-electron chi connectivity index (χ1n) is 7.69. The van der Waals surface area contributed by atoms with Crippen molar-refractivity contribution in [2.45, 2.75) is 20.8 Å². The van der Waals surface area contributed by atoms with E-state index >= 15 is 0 Å². The van der Waals surface area contributed by atoms with E-state index in [2.05, 4.69) is 42.5 Å². The summed E-state index contributed by atoms with van der Waals surface area (Å²) >= 11 is 6.27. The van der Waals surface area contributed by atoms with Crippen molar-refractivity contribution < 1.29 is 4.39 Å². The fourth-order valence-corrected chi connectivity index (χ4v) is 3.26. The molecular formula is C19H19ClFN3. The average Bonchev–Trinajstić information content (AvgIpc) is 2.73. The van der Waals surface area contributed by atoms with Crippen LogP contribution in [-0.2, 0) is 7.05 Å². The molecule has 0 bridgehead atoms. The molecule has 0 atom stereocenters. The molecule has 1 N–H and O–H groups in total. The summed E-state index contributed by atoms with van der Waals surface area (Å²) in [6, 6.07) is 10.7. The lowest BCUT2D eigenvalue weighted by Gasteiger charge is -2.12. The number of nitrogens with zero attached hydrogens (tertiary/aromatic N) is 2. The molecule has 1 heterocycles. The van der Waals surface area contributed by atoms with E-state index in [1.165, 1.54) is 23.3 Å². The van der Waals surface area contributed by atoms with Gasteiger partial charge in [-0.2, -0.15) is 5.10 Å². The Balaban J connectivity index is 2.12. The zero-order valence-electron chi connectivity index (χ0n) is 14.1. The average molecular weight is 344 g/mol.